The Balaban J connectivity index is 2.15. The van der Waals surface area contributed by atoms with Crippen molar-refractivity contribution < 1.29 is 13.9 Å². The van der Waals surface area contributed by atoms with Crippen LogP contribution in [-0.4, -0.2) is 32.7 Å². The van der Waals surface area contributed by atoms with Gasteiger partial charge in [-0.2, -0.15) is 0 Å². The number of amides is 1. The van der Waals surface area contributed by atoms with Crippen LogP contribution in [0.5, 0.6) is 5.75 Å². The van der Waals surface area contributed by atoms with E-state index in [1.807, 2.05) is 31.2 Å². The summed E-state index contributed by atoms with van der Waals surface area (Å²) < 4.78 is 19.3. The van der Waals surface area contributed by atoms with E-state index in [0.29, 0.717) is 12.1 Å². The number of ether oxygens (including phenoxy) is 1. The lowest BCUT2D eigenvalue weighted by Gasteiger charge is -2.12. The van der Waals surface area contributed by atoms with Crippen LogP contribution in [0.25, 0.3) is 11.1 Å². The van der Waals surface area contributed by atoms with E-state index >= 15 is 0 Å². The summed E-state index contributed by atoms with van der Waals surface area (Å²) in [5.74, 6) is -0.206. The van der Waals surface area contributed by atoms with Crippen LogP contribution in [0, 0.1) is 5.82 Å². The molecule has 0 aliphatic rings. The van der Waals surface area contributed by atoms with Gasteiger partial charge in [-0.05, 0) is 49.4 Å². The fourth-order valence-electron chi connectivity index (χ4n) is 2.11. The van der Waals surface area contributed by atoms with Crippen LogP contribution in [0.15, 0.2) is 42.5 Å². The highest BCUT2D eigenvalue weighted by Gasteiger charge is 2.13. The summed E-state index contributed by atoms with van der Waals surface area (Å²) in [5, 5.41) is 5.71. The minimum atomic E-state index is -0.534. The lowest BCUT2D eigenvalue weighted by Crippen LogP contribution is -2.37. The molecule has 0 bridgehead atoms. The molecule has 0 aliphatic carbocycles. The summed E-state index contributed by atoms with van der Waals surface area (Å²) in [5.41, 5.74) is 1.62. The van der Waals surface area contributed by atoms with Gasteiger partial charge in [0.15, 0.2) is 0 Å². The predicted octanol–water partition coefficient (Wildman–Crippen LogP) is 2.84. The van der Waals surface area contributed by atoms with Crippen molar-refractivity contribution in [3.63, 3.8) is 0 Å². The van der Waals surface area contributed by atoms with Gasteiger partial charge in [-0.3, -0.25) is 4.79 Å². The van der Waals surface area contributed by atoms with Crippen molar-refractivity contribution in [2.24, 2.45) is 0 Å². The van der Waals surface area contributed by atoms with Crippen LogP contribution in [-0.2, 0) is 0 Å². The number of carbonyl (C=O) groups excluding carboxylic acids is 1. The minimum absolute atomic E-state index is 0.0468. The maximum absolute atomic E-state index is 14.2. The van der Waals surface area contributed by atoms with E-state index < -0.39 is 11.7 Å². The number of hydrogen-bond acceptors (Lipinski definition) is 3. The van der Waals surface area contributed by atoms with Gasteiger partial charge in [0.1, 0.15) is 11.6 Å². The molecule has 122 valence electrons. The van der Waals surface area contributed by atoms with E-state index in [9.17, 15) is 9.18 Å². The first-order valence-electron chi connectivity index (χ1n) is 7.44. The highest BCUT2D eigenvalue weighted by molar-refractivity contribution is 5.95. The van der Waals surface area contributed by atoms with Crippen LogP contribution in [0.2, 0.25) is 0 Å². The van der Waals surface area contributed by atoms with Crippen LogP contribution >= 0.6 is 0 Å². The normalized spacial score (nSPS) is 11.8. The molecule has 23 heavy (non-hydrogen) atoms. The molecule has 0 radical (unpaired) electrons. The zero-order valence-corrected chi connectivity index (χ0v) is 13.5. The lowest BCUT2D eigenvalue weighted by atomic mass is 10.0. The number of nitrogens with one attached hydrogen (secondary N) is 2. The SMILES string of the molecule is CNC(C)CNC(=O)c1ccc(-c2ccc(OC)cc2)cc1F. The van der Waals surface area contributed by atoms with Crippen molar-refractivity contribution in [3.8, 4) is 16.9 Å². The predicted molar refractivity (Wildman–Crippen MR) is 89.2 cm³/mol. The van der Waals surface area contributed by atoms with Crippen LogP contribution < -0.4 is 15.4 Å². The molecule has 2 aromatic rings. The first-order valence-corrected chi connectivity index (χ1v) is 7.44. The van der Waals surface area contributed by atoms with Gasteiger partial charge in [0.25, 0.3) is 5.91 Å². The Bertz CT molecular complexity index is 671. The second kappa shape index (κ2) is 7.74. The molecule has 1 amide bonds. The molecule has 2 aromatic carbocycles. The molecule has 5 heteroatoms. The number of likely N-dealkylation sites (N-methyl/N-ethyl adjacent to an activating group) is 1. The Morgan fingerprint density at radius 2 is 1.83 bits per heavy atom. The quantitative estimate of drug-likeness (QED) is 0.861. The van der Waals surface area contributed by atoms with E-state index in [1.54, 1.807) is 20.2 Å². The molecule has 0 heterocycles. The second-order valence-corrected chi connectivity index (χ2v) is 5.32. The van der Waals surface area contributed by atoms with Crippen molar-refractivity contribution >= 4 is 5.91 Å². The molecule has 0 saturated carbocycles. The van der Waals surface area contributed by atoms with Crippen LogP contribution in [0.4, 0.5) is 4.39 Å². The highest BCUT2D eigenvalue weighted by Crippen LogP contribution is 2.24. The molecule has 1 unspecified atom stereocenters. The van der Waals surface area contributed by atoms with Gasteiger partial charge in [-0.1, -0.05) is 18.2 Å². The molecule has 2 rings (SSSR count). The first kappa shape index (κ1) is 17.0. The molecular weight excluding hydrogens is 295 g/mol. The van der Waals surface area contributed by atoms with Gasteiger partial charge < -0.3 is 15.4 Å². The summed E-state index contributed by atoms with van der Waals surface area (Å²) in [4.78, 5) is 12.0. The molecular formula is C18H21FN2O2. The summed E-state index contributed by atoms with van der Waals surface area (Å²) in [6, 6.07) is 12.1. The van der Waals surface area contributed by atoms with Gasteiger partial charge in [0.2, 0.25) is 0 Å². The topological polar surface area (TPSA) is 50.4 Å². The Hall–Kier alpha value is -2.40. The Morgan fingerprint density at radius 3 is 2.39 bits per heavy atom. The van der Waals surface area contributed by atoms with Crippen molar-refractivity contribution in [3.05, 3.63) is 53.8 Å². The smallest absolute Gasteiger partial charge is 0.254 e. The van der Waals surface area contributed by atoms with Crippen molar-refractivity contribution in [1.29, 1.82) is 0 Å². The lowest BCUT2D eigenvalue weighted by molar-refractivity contribution is 0.0946. The fraction of sp³-hybridized carbons (Fsp3) is 0.278. The van der Waals surface area contributed by atoms with Crippen molar-refractivity contribution in [2.45, 2.75) is 13.0 Å². The van der Waals surface area contributed by atoms with E-state index in [2.05, 4.69) is 10.6 Å². The van der Waals surface area contributed by atoms with Gasteiger partial charge in [-0.15, -0.1) is 0 Å². The Morgan fingerprint density at radius 1 is 1.17 bits per heavy atom. The van der Waals surface area contributed by atoms with Crippen LogP contribution in [0.3, 0.4) is 0 Å². The fourth-order valence-corrected chi connectivity index (χ4v) is 2.11. The van der Waals surface area contributed by atoms with Gasteiger partial charge in [-0.25, -0.2) is 4.39 Å². The Kier molecular flexibility index (Phi) is 5.71. The maximum Gasteiger partial charge on any atom is 0.254 e. The maximum atomic E-state index is 14.2. The third-order valence-corrected chi connectivity index (χ3v) is 3.70. The first-order chi connectivity index (χ1) is 11.0. The molecule has 4 nitrogen and oxygen atoms in total. The summed E-state index contributed by atoms with van der Waals surface area (Å²) in [6.45, 7) is 2.37. The molecule has 0 saturated heterocycles. The van der Waals surface area contributed by atoms with Gasteiger partial charge >= 0.3 is 0 Å². The van der Waals surface area contributed by atoms with Gasteiger partial charge in [0.05, 0.1) is 12.7 Å². The van der Waals surface area contributed by atoms with E-state index in [-0.39, 0.29) is 11.6 Å². The zero-order chi connectivity index (χ0) is 16.8. The van der Waals surface area contributed by atoms with Gasteiger partial charge in [0, 0.05) is 12.6 Å². The average molecular weight is 316 g/mol. The third-order valence-electron chi connectivity index (χ3n) is 3.70. The molecule has 0 aromatic heterocycles. The summed E-state index contributed by atoms with van der Waals surface area (Å²) in [7, 11) is 3.40. The summed E-state index contributed by atoms with van der Waals surface area (Å²) in [6.07, 6.45) is 0. The van der Waals surface area contributed by atoms with E-state index in [1.165, 1.54) is 12.1 Å². The van der Waals surface area contributed by atoms with E-state index in [4.69, 9.17) is 4.74 Å². The van der Waals surface area contributed by atoms with Crippen LogP contribution in [0.1, 0.15) is 17.3 Å². The minimum Gasteiger partial charge on any atom is -0.497 e. The third kappa shape index (κ3) is 4.29. The largest absolute Gasteiger partial charge is 0.497 e. The standard InChI is InChI=1S/C18H21FN2O2/c1-12(20-2)11-21-18(22)16-9-6-14(10-17(16)19)13-4-7-15(23-3)8-5-13/h4-10,12,20H,11H2,1-3H3,(H,21,22). The molecule has 0 fully saturated rings. The second-order valence-electron chi connectivity index (χ2n) is 5.32. The monoisotopic (exact) mass is 316 g/mol. The number of carbonyl (C=O) groups is 1. The summed E-state index contributed by atoms with van der Waals surface area (Å²) >= 11 is 0. The molecule has 0 spiro atoms. The van der Waals surface area contributed by atoms with E-state index in [0.717, 1.165) is 11.3 Å². The number of hydrogen-bond donors (Lipinski definition) is 2. The molecule has 1 atom stereocenters. The molecule has 0 aliphatic heterocycles. The molecule has 2 N–H and O–H groups in total. The number of halogens is 1. The average Bonchev–Trinajstić information content (AvgIpc) is 2.59. The number of methoxy groups -OCH3 is 1. The number of benzene rings is 2. The Labute approximate surface area is 135 Å². The number of rotatable bonds is 6. The van der Waals surface area contributed by atoms with Crippen molar-refractivity contribution in [1.82, 2.24) is 10.6 Å². The zero-order valence-electron chi connectivity index (χ0n) is 13.5. The van der Waals surface area contributed by atoms with Crippen molar-refractivity contribution in [2.75, 3.05) is 20.7 Å². The highest BCUT2D eigenvalue weighted by atomic mass is 19.1.